The molecule has 1 heterocycles. The third kappa shape index (κ3) is 16.8. The van der Waals surface area contributed by atoms with Crippen LogP contribution in [0.25, 0.3) is 0 Å². The number of hydrogen-bond donors (Lipinski definition) is 1. The van der Waals surface area contributed by atoms with E-state index in [1.165, 1.54) is 65.2 Å². The molecule has 0 spiro atoms. The minimum absolute atomic E-state index is 0. The fourth-order valence-electron chi connectivity index (χ4n) is 2.64. The second kappa shape index (κ2) is 20.7. The molecule has 0 aliphatic carbocycles. The van der Waals surface area contributed by atoms with E-state index in [1.54, 1.807) is 0 Å². The zero-order valence-corrected chi connectivity index (χ0v) is 19.5. The molecule has 0 unspecified atom stereocenters. The van der Waals surface area contributed by atoms with E-state index in [4.69, 9.17) is 0 Å². The van der Waals surface area contributed by atoms with Gasteiger partial charge in [0.05, 0.1) is 0 Å². The monoisotopic (exact) mass is 446 g/mol. The molecular formula is C15H38Cl4N4S. The summed E-state index contributed by atoms with van der Waals surface area (Å²) in [4.78, 5) is 9.96. The summed E-state index contributed by atoms with van der Waals surface area (Å²) in [5, 5.41) is 0. The Balaban J connectivity index is -0.000000500. The van der Waals surface area contributed by atoms with Crippen molar-refractivity contribution in [2.75, 3.05) is 85.8 Å². The van der Waals surface area contributed by atoms with Crippen LogP contribution in [0.1, 0.15) is 12.8 Å². The molecule has 1 fully saturated rings. The van der Waals surface area contributed by atoms with E-state index in [9.17, 15) is 0 Å². The van der Waals surface area contributed by atoms with Crippen molar-refractivity contribution in [3.8, 4) is 0 Å². The van der Waals surface area contributed by atoms with Crippen molar-refractivity contribution in [3.05, 3.63) is 0 Å². The van der Waals surface area contributed by atoms with E-state index < -0.39 is 0 Å². The summed E-state index contributed by atoms with van der Waals surface area (Å²) >= 11 is 4.39. The Kier molecular flexibility index (Phi) is 28.4. The van der Waals surface area contributed by atoms with E-state index in [1.807, 2.05) is 0 Å². The van der Waals surface area contributed by atoms with Crippen molar-refractivity contribution in [2.45, 2.75) is 12.8 Å². The highest BCUT2D eigenvalue weighted by Crippen LogP contribution is 1.99. The molecule has 0 atom stereocenters. The maximum absolute atomic E-state index is 4.39. The van der Waals surface area contributed by atoms with Gasteiger partial charge in [-0.1, -0.05) is 0 Å². The zero-order chi connectivity index (χ0) is 14.8. The molecule has 1 aliphatic heterocycles. The van der Waals surface area contributed by atoms with Crippen LogP contribution < -0.4 is 0 Å². The van der Waals surface area contributed by atoms with Crippen molar-refractivity contribution in [1.82, 2.24) is 19.6 Å². The van der Waals surface area contributed by atoms with Crippen molar-refractivity contribution >= 4 is 62.3 Å². The van der Waals surface area contributed by atoms with Gasteiger partial charge in [0.25, 0.3) is 0 Å². The minimum atomic E-state index is 0. The minimum Gasteiger partial charge on any atom is -0.305 e. The van der Waals surface area contributed by atoms with Crippen LogP contribution in [0.15, 0.2) is 0 Å². The summed E-state index contributed by atoms with van der Waals surface area (Å²) in [6, 6.07) is 0. The molecule has 0 N–H and O–H groups in total. The number of thiol groups is 1. The molecule has 9 heteroatoms. The fourth-order valence-corrected chi connectivity index (χ4v) is 2.92. The lowest BCUT2D eigenvalue weighted by Crippen LogP contribution is -2.39. The van der Waals surface area contributed by atoms with Gasteiger partial charge in [0.1, 0.15) is 0 Å². The Morgan fingerprint density at radius 3 is 1.38 bits per heavy atom. The van der Waals surface area contributed by atoms with Crippen molar-refractivity contribution < 1.29 is 0 Å². The summed E-state index contributed by atoms with van der Waals surface area (Å²) in [5.41, 5.74) is 0. The SMILES string of the molecule is CN1CCCN(C)CCN(CCS)CCCN(C)CC1.Cl.Cl.Cl.Cl. The molecule has 0 radical (unpaired) electrons. The van der Waals surface area contributed by atoms with Gasteiger partial charge in [-0.05, 0) is 60.2 Å². The molecule has 0 aromatic heterocycles. The molecule has 0 aromatic carbocycles. The lowest BCUT2D eigenvalue weighted by molar-refractivity contribution is 0.195. The van der Waals surface area contributed by atoms with Gasteiger partial charge < -0.3 is 19.6 Å². The molecule has 0 aromatic rings. The largest absolute Gasteiger partial charge is 0.305 e. The molecular weight excluding hydrogens is 410 g/mol. The molecule has 0 bridgehead atoms. The third-order valence-corrected chi connectivity index (χ3v) is 4.37. The van der Waals surface area contributed by atoms with Gasteiger partial charge in [0.2, 0.25) is 0 Å². The van der Waals surface area contributed by atoms with Crippen molar-refractivity contribution in [2.24, 2.45) is 0 Å². The summed E-state index contributed by atoms with van der Waals surface area (Å²) in [6.07, 6.45) is 2.53. The van der Waals surface area contributed by atoms with Crippen LogP contribution in [-0.2, 0) is 0 Å². The first kappa shape index (κ1) is 33.0. The Labute approximate surface area is 180 Å². The molecule has 1 aliphatic rings. The summed E-state index contributed by atoms with van der Waals surface area (Å²) < 4.78 is 0. The molecule has 0 saturated carbocycles. The van der Waals surface area contributed by atoms with Gasteiger partial charge >= 0.3 is 0 Å². The van der Waals surface area contributed by atoms with Gasteiger partial charge in [-0.15, -0.1) is 49.6 Å². The van der Waals surface area contributed by atoms with Gasteiger partial charge in [0, 0.05) is 38.5 Å². The Hall–Kier alpha value is 1.35. The van der Waals surface area contributed by atoms with Gasteiger partial charge in [-0.25, -0.2) is 0 Å². The maximum atomic E-state index is 4.39. The van der Waals surface area contributed by atoms with Crippen LogP contribution in [0.2, 0.25) is 0 Å². The van der Waals surface area contributed by atoms with Gasteiger partial charge in [0.15, 0.2) is 0 Å². The van der Waals surface area contributed by atoms with Gasteiger partial charge in [-0.3, -0.25) is 0 Å². The summed E-state index contributed by atoms with van der Waals surface area (Å²) in [5.74, 6) is 0.963. The predicted octanol–water partition coefficient (Wildman–Crippen LogP) is 2.49. The Bertz CT molecular complexity index is 256. The number of rotatable bonds is 2. The van der Waals surface area contributed by atoms with Crippen LogP contribution in [0.4, 0.5) is 0 Å². The van der Waals surface area contributed by atoms with E-state index >= 15 is 0 Å². The number of halogens is 4. The first-order valence-electron chi connectivity index (χ1n) is 8.00. The highest BCUT2D eigenvalue weighted by molar-refractivity contribution is 7.80. The first-order valence-corrected chi connectivity index (χ1v) is 8.64. The second-order valence-electron chi connectivity index (χ2n) is 6.18. The average Bonchev–Trinajstić information content (AvgIpc) is 2.41. The molecule has 1 rings (SSSR count). The van der Waals surface area contributed by atoms with E-state index in [-0.39, 0.29) is 49.6 Å². The summed E-state index contributed by atoms with van der Waals surface area (Å²) in [6.45, 7) is 10.6. The van der Waals surface area contributed by atoms with Crippen LogP contribution in [0, 0.1) is 0 Å². The van der Waals surface area contributed by atoms with Crippen molar-refractivity contribution in [3.63, 3.8) is 0 Å². The third-order valence-electron chi connectivity index (χ3n) is 4.17. The quantitative estimate of drug-likeness (QED) is 0.652. The first-order chi connectivity index (χ1) is 9.61. The smallest absolute Gasteiger partial charge is 0.0110 e. The van der Waals surface area contributed by atoms with Crippen LogP contribution in [0.3, 0.4) is 0 Å². The second-order valence-corrected chi connectivity index (χ2v) is 6.63. The van der Waals surface area contributed by atoms with E-state index in [0.29, 0.717) is 0 Å². The number of nitrogens with zero attached hydrogens (tertiary/aromatic N) is 4. The van der Waals surface area contributed by atoms with Crippen LogP contribution >= 0.6 is 62.3 Å². The molecule has 1 saturated heterocycles. The zero-order valence-electron chi connectivity index (χ0n) is 15.4. The molecule has 24 heavy (non-hydrogen) atoms. The molecule has 4 nitrogen and oxygen atoms in total. The maximum Gasteiger partial charge on any atom is 0.0110 e. The Morgan fingerprint density at radius 1 is 0.583 bits per heavy atom. The molecule has 152 valence electrons. The average molecular weight is 448 g/mol. The van der Waals surface area contributed by atoms with Gasteiger partial charge in [-0.2, -0.15) is 12.6 Å². The highest BCUT2D eigenvalue weighted by atomic mass is 35.5. The van der Waals surface area contributed by atoms with Crippen molar-refractivity contribution in [1.29, 1.82) is 0 Å². The molecule has 0 amide bonds. The predicted molar refractivity (Wildman–Crippen MR) is 121 cm³/mol. The lowest BCUT2D eigenvalue weighted by atomic mass is 10.3. The summed E-state index contributed by atoms with van der Waals surface area (Å²) in [7, 11) is 6.74. The number of hydrogen-bond acceptors (Lipinski definition) is 5. The topological polar surface area (TPSA) is 13.0 Å². The van der Waals surface area contributed by atoms with Crippen LogP contribution in [-0.4, -0.2) is 105 Å². The van der Waals surface area contributed by atoms with Crippen LogP contribution in [0.5, 0.6) is 0 Å². The fraction of sp³-hybridized carbons (Fsp3) is 1.00. The lowest BCUT2D eigenvalue weighted by Gasteiger charge is -2.28. The highest BCUT2D eigenvalue weighted by Gasteiger charge is 2.09. The van der Waals surface area contributed by atoms with E-state index in [0.717, 1.165) is 12.3 Å². The standard InChI is InChI=1S/C15H34N4S.4ClH/c1-16-6-4-7-18(3)12-13-19(14-15-20)9-5-8-17(2)11-10-16;;;;/h20H,4-15H2,1-3H3;4*1H. The number of likely N-dealkylation sites (N-methyl/N-ethyl adjacent to an activating group) is 3. The Morgan fingerprint density at radius 2 is 0.958 bits per heavy atom. The normalized spacial score (nSPS) is 20.5. The van der Waals surface area contributed by atoms with E-state index in [2.05, 4.69) is 53.4 Å².